The Morgan fingerprint density at radius 3 is 1.48 bits per heavy atom. The Morgan fingerprint density at radius 2 is 1.08 bits per heavy atom. The van der Waals surface area contributed by atoms with Crippen LogP contribution < -0.4 is 40.2 Å². The van der Waals surface area contributed by atoms with Crippen molar-refractivity contribution in [3.63, 3.8) is 0 Å². The molecule has 0 unspecified atom stereocenters. The summed E-state index contributed by atoms with van der Waals surface area (Å²) < 4.78 is 10.8. The van der Waals surface area contributed by atoms with Gasteiger partial charge in [-0.25, -0.2) is 4.79 Å². The summed E-state index contributed by atoms with van der Waals surface area (Å²) >= 11 is 0. The second-order valence-electron chi connectivity index (χ2n) is 14.3. The van der Waals surface area contributed by atoms with Crippen LogP contribution >= 0.6 is 0 Å². The van der Waals surface area contributed by atoms with Crippen molar-refractivity contribution in [1.29, 1.82) is 0 Å². The van der Waals surface area contributed by atoms with Crippen molar-refractivity contribution in [2.45, 2.75) is 65.5 Å². The van der Waals surface area contributed by atoms with Crippen molar-refractivity contribution in [2.24, 2.45) is 0 Å². The zero-order valence-electron chi connectivity index (χ0n) is 36.2. The number of nitrogens with zero attached hydrogens (tertiary/aromatic N) is 3. The minimum atomic E-state index is -0.775. The van der Waals surface area contributed by atoms with E-state index in [1.54, 1.807) is 31.2 Å². The quantitative estimate of drug-likeness (QED) is 0.112. The molecule has 14 nitrogen and oxygen atoms in total. The van der Waals surface area contributed by atoms with Gasteiger partial charge in [-0.2, -0.15) is 0 Å². The van der Waals surface area contributed by atoms with Gasteiger partial charge in [0.1, 0.15) is 22.9 Å². The predicted octanol–water partition coefficient (Wildman–Crippen LogP) is 3.99. The van der Waals surface area contributed by atoms with Gasteiger partial charge in [0.2, 0.25) is 0 Å². The van der Waals surface area contributed by atoms with Gasteiger partial charge in [-0.05, 0) is 69.5 Å². The monoisotopic (exact) mass is 846 g/mol. The van der Waals surface area contributed by atoms with Gasteiger partial charge in [-0.15, -0.1) is 5.06 Å². The van der Waals surface area contributed by atoms with Crippen LogP contribution in [0.25, 0.3) is 44.8 Å². The summed E-state index contributed by atoms with van der Waals surface area (Å²) in [5.74, 6) is -0.991. The minimum absolute atomic E-state index is 0. The summed E-state index contributed by atoms with van der Waals surface area (Å²) in [6.07, 6.45) is 0.386. The van der Waals surface area contributed by atoms with Crippen LogP contribution in [0, 0.1) is 13.8 Å². The summed E-state index contributed by atoms with van der Waals surface area (Å²) in [6.45, 7) is 7.27. The third-order valence-corrected chi connectivity index (χ3v) is 9.68. The van der Waals surface area contributed by atoms with Crippen molar-refractivity contribution < 1.29 is 73.9 Å². The van der Waals surface area contributed by atoms with E-state index in [-0.39, 0.29) is 83.1 Å². The number of aliphatic hydroxyl groups excluding tert-OH is 1. The molecule has 0 aliphatic carbocycles. The molecule has 2 atom stereocenters. The fourth-order valence-corrected chi connectivity index (χ4v) is 6.56. The molecule has 1 aliphatic rings. The molecule has 313 valence electrons. The first-order valence-electron chi connectivity index (χ1n) is 19.5. The number of aliphatic hydroxyl groups is 1. The summed E-state index contributed by atoms with van der Waals surface area (Å²) in [4.78, 5) is 64.9. The summed E-state index contributed by atoms with van der Waals surface area (Å²) in [7, 11) is 0. The van der Waals surface area contributed by atoms with Gasteiger partial charge in [0.15, 0.2) is 0 Å². The first-order valence-corrected chi connectivity index (χ1v) is 19.5. The van der Waals surface area contributed by atoms with E-state index in [0.717, 1.165) is 50.5 Å². The number of rotatable bonds is 13. The maximum Gasteiger partial charge on any atom is 1.00 e. The fraction of sp³-hybridized carbons (Fsp3) is 0.239. The molecule has 1 fully saturated rings. The van der Waals surface area contributed by atoms with E-state index in [1.807, 2.05) is 106 Å². The average Bonchev–Trinajstić information content (AvgIpc) is 3.93. The molecule has 3 radical (unpaired) electrons. The molecule has 1 saturated heterocycles. The Kier molecular flexibility index (Phi) is 17.7. The third kappa shape index (κ3) is 12.0. The van der Waals surface area contributed by atoms with Gasteiger partial charge in [0.25, 0.3) is 23.6 Å². The number of carbonyl (C=O) groups is 5. The molecular formula is C46H46BN5NaO9. The number of aromatic nitrogens is 2. The normalized spacial score (nSPS) is 12.8. The van der Waals surface area contributed by atoms with E-state index in [4.69, 9.17) is 19.0 Å². The smallest absolute Gasteiger partial charge is 1.00 e. The molecule has 0 spiro atoms. The topological polar surface area (TPSA) is 194 Å². The molecule has 16 heteroatoms. The third-order valence-electron chi connectivity index (χ3n) is 9.68. The van der Waals surface area contributed by atoms with Crippen LogP contribution in [0.2, 0.25) is 0 Å². The number of aryl methyl sites for hydroxylation is 2. The molecule has 0 bridgehead atoms. The number of amides is 4. The van der Waals surface area contributed by atoms with E-state index in [0.29, 0.717) is 28.4 Å². The zero-order valence-corrected chi connectivity index (χ0v) is 37.2. The Morgan fingerprint density at radius 1 is 0.677 bits per heavy atom. The average molecular weight is 847 g/mol. The molecule has 62 heavy (non-hydrogen) atoms. The van der Waals surface area contributed by atoms with Crippen molar-refractivity contribution >= 4 is 38.0 Å². The number of hydrogen-bond donors (Lipinski definition) is 3. The van der Waals surface area contributed by atoms with Crippen LogP contribution in [0.15, 0.2) is 118 Å². The molecule has 1 aliphatic heterocycles. The number of hydrogen-bond acceptors (Lipinski definition) is 11. The molecule has 6 aromatic rings. The van der Waals surface area contributed by atoms with Crippen LogP contribution in [0.3, 0.4) is 0 Å². The Balaban J connectivity index is 0.000000330. The SMILES string of the molecule is Cc1onc(-c2ccccc2)c1-c1ccc(C(=O)N[C@H](C)CC(=O)ON2C(=O)CCC2=O)cc1.Cc1onc(-c2ccccc2)c1-c1ccc(C(=O)N[C@H](C)CCO)cc1.[B].[H-].[Na+]. The van der Waals surface area contributed by atoms with Crippen LogP contribution in [0.4, 0.5) is 0 Å². The van der Waals surface area contributed by atoms with Gasteiger partial charge < -0.3 is 31.1 Å². The van der Waals surface area contributed by atoms with Gasteiger partial charge in [0.05, 0.1) is 17.5 Å². The molecule has 7 rings (SSSR count). The van der Waals surface area contributed by atoms with Gasteiger partial charge in [-0.3, -0.25) is 19.2 Å². The van der Waals surface area contributed by atoms with Crippen LogP contribution in [-0.2, 0) is 19.2 Å². The first-order chi connectivity index (χ1) is 28.9. The van der Waals surface area contributed by atoms with Crippen LogP contribution in [0.5, 0.6) is 0 Å². The van der Waals surface area contributed by atoms with Crippen LogP contribution in [0.1, 0.15) is 73.2 Å². The molecule has 4 amide bonds. The van der Waals surface area contributed by atoms with Crippen LogP contribution in [-0.4, -0.2) is 77.2 Å². The Bertz CT molecular complexity index is 2450. The number of hydroxylamine groups is 2. The summed E-state index contributed by atoms with van der Waals surface area (Å²) in [5.41, 5.74) is 7.98. The molecule has 2 aromatic heterocycles. The minimum Gasteiger partial charge on any atom is -1.00 e. The van der Waals surface area contributed by atoms with E-state index in [9.17, 15) is 24.0 Å². The zero-order chi connectivity index (χ0) is 42.8. The van der Waals surface area contributed by atoms with E-state index in [2.05, 4.69) is 20.9 Å². The number of imide groups is 1. The summed E-state index contributed by atoms with van der Waals surface area (Å²) in [5, 5.41) is 23.4. The van der Waals surface area contributed by atoms with Crippen molar-refractivity contribution in [1.82, 2.24) is 26.0 Å². The second kappa shape index (κ2) is 22.6. The summed E-state index contributed by atoms with van der Waals surface area (Å²) in [6, 6.07) is 33.3. The number of carbonyl (C=O) groups excluding carboxylic acids is 5. The fourth-order valence-electron chi connectivity index (χ4n) is 6.56. The maximum atomic E-state index is 12.6. The molecular weight excluding hydrogens is 800 g/mol. The van der Waals surface area contributed by atoms with E-state index >= 15 is 0 Å². The first kappa shape index (κ1) is 48.5. The Labute approximate surface area is 384 Å². The van der Waals surface area contributed by atoms with Gasteiger partial charge in [-0.1, -0.05) is 95.2 Å². The maximum absolute atomic E-state index is 12.6. The number of nitrogens with one attached hydrogen (secondary N) is 2. The largest absolute Gasteiger partial charge is 1.00 e. The molecule has 4 aromatic carbocycles. The predicted molar refractivity (Wildman–Crippen MR) is 228 cm³/mol. The molecule has 3 N–H and O–H groups in total. The molecule has 0 saturated carbocycles. The van der Waals surface area contributed by atoms with Gasteiger partial charge >= 0.3 is 35.5 Å². The second-order valence-corrected chi connectivity index (χ2v) is 14.3. The standard InChI is InChI=1S/C25H23N3O6.C21H22N2O3.B.Na.H/c1-15(14-22(31)34-28-20(29)12-13-21(28)30)26-25(32)19-10-8-17(9-11-19)23-16(2)33-27-24(23)18-6-4-3-5-7-18;1-14(12-13-24)22-21(25)18-10-8-16(9-11-18)19-15(2)26-23-20(19)17-6-4-3-5-7-17;;;/h3-11,15H,12-14H2,1-2H3,(H,26,32);3-11,14,24H,12-13H2,1-2H3,(H,22,25);;;/q;;;+1;-1/t15-;14-;;;/m11.../s1. The molecule has 3 heterocycles. The van der Waals surface area contributed by atoms with E-state index < -0.39 is 23.8 Å². The van der Waals surface area contributed by atoms with E-state index in [1.165, 1.54) is 0 Å². The van der Waals surface area contributed by atoms with Crippen molar-refractivity contribution in [2.75, 3.05) is 6.61 Å². The van der Waals surface area contributed by atoms with Gasteiger partial charge in [0, 0.05) is 62.2 Å². The number of benzene rings is 4. The van der Waals surface area contributed by atoms with Crippen molar-refractivity contribution in [3.05, 3.63) is 132 Å². The Hall–Kier alpha value is -6.13. The van der Waals surface area contributed by atoms with Crippen molar-refractivity contribution in [3.8, 4) is 44.8 Å².